The molecule has 14 heavy (non-hydrogen) atoms. The molecule has 0 fully saturated rings. The Morgan fingerprint density at radius 1 is 1.07 bits per heavy atom. The van der Waals surface area contributed by atoms with E-state index in [1.807, 2.05) is 6.08 Å². The standard InChI is InChI=1S/C12H21NO/c1-2-3-4-5-6-7-8-9-10-11-12(13)14/h3-4,10-11H,2,5-9H2,1H3,(H2,13,14)/b4-3-,11-10+. The maximum Gasteiger partial charge on any atom is 0.241 e. The van der Waals surface area contributed by atoms with Crippen LogP contribution in [-0.2, 0) is 4.79 Å². The molecule has 0 spiro atoms. The minimum Gasteiger partial charge on any atom is -0.366 e. The summed E-state index contributed by atoms with van der Waals surface area (Å²) in [6, 6.07) is 0. The number of rotatable bonds is 8. The average molecular weight is 195 g/mol. The highest BCUT2D eigenvalue weighted by molar-refractivity contribution is 5.85. The van der Waals surface area contributed by atoms with Gasteiger partial charge in [-0.2, -0.15) is 0 Å². The van der Waals surface area contributed by atoms with Gasteiger partial charge in [-0.3, -0.25) is 4.79 Å². The summed E-state index contributed by atoms with van der Waals surface area (Å²) in [5, 5.41) is 0. The van der Waals surface area contributed by atoms with Crippen LogP contribution in [-0.4, -0.2) is 5.91 Å². The Morgan fingerprint density at radius 2 is 1.71 bits per heavy atom. The van der Waals surface area contributed by atoms with Crippen molar-refractivity contribution in [2.75, 3.05) is 0 Å². The summed E-state index contributed by atoms with van der Waals surface area (Å²) >= 11 is 0. The molecule has 0 aromatic carbocycles. The van der Waals surface area contributed by atoms with E-state index in [2.05, 4.69) is 19.1 Å². The van der Waals surface area contributed by atoms with Crippen molar-refractivity contribution in [3.63, 3.8) is 0 Å². The maximum absolute atomic E-state index is 10.3. The lowest BCUT2D eigenvalue weighted by molar-refractivity contribution is -0.113. The highest BCUT2D eigenvalue weighted by Crippen LogP contribution is 2.04. The second-order valence-electron chi connectivity index (χ2n) is 3.32. The molecule has 0 aromatic rings. The Balaban J connectivity index is 3.14. The molecule has 0 aromatic heterocycles. The van der Waals surface area contributed by atoms with Gasteiger partial charge in [-0.05, 0) is 38.2 Å². The zero-order chi connectivity index (χ0) is 10.6. The molecule has 2 N–H and O–H groups in total. The fourth-order valence-electron chi connectivity index (χ4n) is 1.19. The Bertz CT molecular complexity index is 194. The van der Waals surface area contributed by atoms with Gasteiger partial charge in [-0.25, -0.2) is 0 Å². The van der Waals surface area contributed by atoms with Crippen LogP contribution in [0.15, 0.2) is 24.3 Å². The fourth-order valence-corrected chi connectivity index (χ4v) is 1.19. The summed E-state index contributed by atoms with van der Waals surface area (Å²) < 4.78 is 0. The van der Waals surface area contributed by atoms with Crippen molar-refractivity contribution < 1.29 is 4.79 Å². The Labute approximate surface area is 86.9 Å². The predicted octanol–water partition coefficient (Wildman–Crippen LogP) is 2.94. The highest BCUT2D eigenvalue weighted by atomic mass is 16.1. The molecule has 0 rings (SSSR count). The second kappa shape index (κ2) is 10.0. The van der Waals surface area contributed by atoms with Crippen LogP contribution < -0.4 is 5.73 Å². The molecule has 2 heteroatoms. The molecule has 0 atom stereocenters. The van der Waals surface area contributed by atoms with Gasteiger partial charge < -0.3 is 5.73 Å². The molecule has 0 saturated heterocycles. The van der Waals surface area contributed by atoms with Crippen LogP contribution in [0.1, 0.15) is 45.4 Å². The molecule has 0 radical (unpaired) electrons. The second-order valence-corrected chi connectivity index (χ2v) is 3.32. The number of hydrogen-bond acceptors (Lipinski definition) is 1. The molecular formula is C12H21NO. The van der Waals surface area contributed by atoms with Crippen LogP contribution >= 0.6 is 0 Å². The molecule has 0 bridgehead atoms. The summed E-state index contributed by atoms with van der Waals surface area (Å²) in [5.41, 5.74) is 4.95. The Kier molecular flexibility index (Phi) is 9.28. The number of primary amides is 1. The molecular weight excluding hydrogens is 174 g/mol. The summed E-state index contributed by atoms with van der Waals surface area (Å²) in [6.07, 6.45) is 14.6. The van der Waals surface area contributed by atoms with Crippen molar-refractivity contribution >= 4 is 5.91 Å². The van der Waals surface area contributed by atoms with Gasteiger partial charge in [0.1, 0.15) is 0 Å². The van der Waals surface area contributed by atoms with Gasteiger partial charge in [0, 0.05) is 0 Å². The van der Waals surface area contributed by atoms with Gasteiger partial charge in [0.05, 0.1) is 0 Å². The van der Waals surface area contributed by atoms with Crippen LogP contribution in [0.25, 0.3) is 0 Å². The number of carbonyl (C=O) groups is 1. The number of allylic oxidation sites excluding steroid dienone is 3. The number of amides is 1. The highest BCUT2D eigenvalue weighted by Gasteiger charge is 1.86. The van der Waals surface area contributed by atoms with Gasteiger partial charge in [-0.1, -0.05) is 31.6 Å². The monoisotopic (exact) mass is 195 g/mol. The van der Waals surface area contributed by atoms with Crippen LogP contribution in [0.4, 0.5) is 0 Å². The van der Waals surface area contributed by atoms with Crippen molar-refractivity contribution in [1.29, 1.82) is 0 Å². The topological polar surface area (TPSA) is 43.1 Å². The molecule has 0 heterocycles. The first kappa shape index (κ1) is 12.9. The lowest BCUT2D eigenvalue weighted by Crippen LogP contribution is -2.05. The van der Waals surface area contributed by atoms with E-state index in [0.29, 0.717) is 0 Å². The summed E-state index contributed by atoms with van der Waals surface area (Å²) in [7, 11) is 0. The van der Waals surface area contributed by atoms with Crippen LogP contribution in [0, 0.1) is 0 Å². The van der Waals surface area contributed by atoms with Gasteiger partial charge in [-0.15, -0.1) is 0 Å². The van der Waals surface area contributed by atoms with Gasteiger partial charge in [0.2, 0.25) is 5.91 Å². The van der Waals surface area contributed by atoms with Crippen molar-refractivity contribution in [3.8, 4) is 0 Å². The third kappa shape index (κ3) is 11.0. The van der Waals surface area contributed by atoms with E-state index in [4.69, 9.17) is 5.73 Å². The predicted molar refractivity (Wildman–Crippen MR) is 60.9 cm³/mol. The van der Waals surface area contributed by atoms with Crippen molar-refractivity contribution in [2.45, 2.75) is 45.4 Å². The number of hydrogen-bond donors (Lipinski definition) is 1. The molecule has 0 saturated carbocycles. The van der Waals surface area contributed by atoms with Crippen molar-refractivity contribution in [2.24, 2.45) is 5.73 Å². The van der Waals surface area contributed by atoms with Crippen LogP contribution in [0.3, 0.4) is 0 Å². The first-order chi connectivity index (χ1) is 6.77. The molecule has 0 aliphatic carbocycles. The lowest BCUT2D eigenvalue weighted by atomic mass is 10.1. The first-order valence-corrected chi connectivity index (χ1v) is 5.38. The first-order valence-electron chi connectivity index (χ1n) is 5.38. The quantitative estimate of drug-likeness (QED) is 0.361. The Morgan fingerprint density at radius 3 is 2.29 bits per heavy atom. The van der Waals surface area contributed by atoms with Gasteiger partial charge in [0.25, 0.3) is 0 Å². The number of nitrogens with two attached hydrogens (primary N) is 1. The van der Waals surface area contributed by atoms with Crippen LogP contribution in [0.5, 0.6) is 0 Å². The zero-order valence-corrected chi connectivity index (χ0v) is 9.04. The SMILES string of the molecule is CC/C=C\CCCCC/C=C/C(N)=O. The van der Waals surface area contributed by atoms with E-state index in [1.165, 1.54) is 25.3 Å². The molecule has 0 unspecified atom stereocenters. The lowest BCUT2D eigenvalue weighted by Gasteiger charge is -1.94. The molecule has 80 valence electrons. The maximum atomic E-state index is 10.3. The van der Waals surface area contributed by atoms with E-state index in [1.54, 1.807) is 0 Å². The van der Waals surface area contributed by atoms with Crippen LogP contribution in [0.2, 0.25) is 0 Å². The van der Waals surface area contributed by atoms with E-state index in [0.717, 1.165) is 19.3 Å². The molecule has 1 amide bonds. The zero-order valence-electron chi connectivity index (χ0n) is 9.04. The van der Waals surface area contributed by atoms with Crippen molar-refractivity contribution in [3.05, 3.63) is 24.3 Å². The third-order valence-corrected chi connectivity index (χ3v) is 1.93. The summed E-state index contributed by atoms with van der Waals surface area (Å²) in [6.45, 7) is 2.14. The molecule has 0 aliphatic rings. The third-order valence-electron chi connectivity index (χ3n) is 1.93. The van der Waals surface area contributed by atoms with Gasteiger partial charge in [0.15, 0.2) is 0 Å². The number of carbonyl (C=O) groups excluding carboxylic acids is 1. The number of unbranched alkanes of at least 4 members (excludes halogenated alkanes) is 4. The normalized spacial score (nSPS) is 11.5. The smallest absolute Gasteiger partial charge is 0.241 e. The average Bonchev–Trinajstić information content (AvgIpc) is 2.15. The molecule has 0 aliphatic heterocycles. The van der Waals surface area contributed by atoms with Crippen molar-refractivity contribution in [1.82, 2.24) is 0 Å². The summed E-state index contributed by atoms with van der Waals surface area (Å²) in [5.74, 6) is -0.351. The summed E-state index contributed by atoms with van der Waals surface area (Å²) in [4.78, 5) is 10.3. The largest absolute Gasteiger partial charge is 0.366 e. The van der Waals surface area contributed by atoms with E-state index < -0.39 is 0 Å². The van der Waals surface area contributed by atoms with E-state index in [9.17, 15) is 4.79 Å². The minimum atomic E-state index is -0.351. The van der Waals surface area contributed by atoms with E-state index in [-0.39, 0.29) is 5.91 Å². The molecule has 2 nitrogen and oxygen atoms in total. The minimum absolute atomic E-state index is 0.351. The Hall–Kier alpha value is -1.05. The van der Waals surface area contributed by atoms with E-state index >= 15 is 0 Å². The fraction of sp³-hybridized carbons (Fsp3) is 0.583. The van der Waals surface area contributed by atoms with Gasteiger partial charge >= 0.3 is 0 Å².